The molecular weight excluding hydrogens is 246 g/mol. The normalized spacial score (nSPS) is 9.68. The number of nitrogens with two attached hydrogens (primary N) is 2. The maximum atomic E-state index is 5.68. The molecule has 2 heterocycles. The summed E-state index contributed by atoms with van der Waals surface area (Å²) in [6, 6.07) is 1.55. The molecule has 0 amide bonds. The van der Waals surface area contributed by atoms with Gasteiger partial charge in [-0.1, -0.05) is 5.92 Å². The summed E-state index contributed by atoms with van der Waals surface area (Å²) in [5, 5.41) is 0. The van der Waals surface area contributed by atoms with Crippen LogP contribution in [0, 0.1) is 12.3 Å². The van der Waals surface area contributed by atoms with Gasteiger partial charge < -0.3 is 20.9 Å². The second kappa shape index (κ2) is 5.10. The first-order chi connectivity index (χ1) is 9.13. The summed E-state index contributed by atoms with van der Waals surface area (Å²) < 4.78 is 10.6. The van der Waals surface area contributed by atoms with Gasteiger partial charge in [0.15, 0.2) is 11.6 Å². The van der Waals surface area contributed by atoms with E-state index in [1.807, 2.05) is 0 Å². The molecule has 0 saturated heterocycles. The quantitative estimate of drug-likeness (QED) is 0.783. The Balaban J connectivity index is 2.39. The fraction of sp³-hybridized carbons (Fsp3) is 0.0833. The number of methoxy groups -OCH3 is 1. The van der Waals surface area contributed by atoms with Gasteiger partial charge in [0, 0.05) is 6.07 Å². The van der Waals surface area contributed by atoms with Gasteiger partial charge in [-0.3, -0.25) is 0 Å². The van der Waals surface area contributed by atoms with Crippen LogP contribution in [0.25, 0.3) is 0 Å². The molecule has 2 rings (SSSR count). The van der Waals surface area contributed by atoms with Crippen LogP contribution in [0.3, 0.4) is 0 Å². The number of nitrogen functional groups attached to an aromatic ring is 2. The zero-order valence-corrected chi connectivity index (χ0v) is 10.1. The minimum Gasteiger partial charge on any atom is -0.481 e. The number of ether oxygens (including phenoxy) is 2. The van der Waals surface area contributed by atoms with Crippen LogP contribution >= 0.6 is 0 Å². The molecule has 2 aromatic rings. The van der Waals surface area contributed by atoms with Crippen molar-refractivity contribution in [2.24, 2.45) is 0 Å². The summed E-state index contributed by atoms with van der Waals surface area (Å²) in [5.74, 6) is 3.61. The van der Waals surface area contributed by atoms with E-state index in [2.05, 4.69) is 20.9 Å². The van der Waals surface area contributed by atoms with Crippen molar-refractivity contribution in [1.82, 2.24) is 15.0 Å². The predicted octanol–water partition coefficient (Wildman–Crippen LogP) is 0.818. The van der Waals surface area contributed by atoms with Crippen molar-refractivity contribution >= 4 is 11.8 Å². The molecule has 0 aliphatic rings. The minimum atomic E-state index is 0.0642. The summed E-state index contributed by atoms with van der Waals surface area (Å²) in [4.78, 5) is 11.6. The Kier molecular flexibility index (Phi) is 3.34. The molecule has 7 heteroatoms. The fourth-order valence-electron chi connectivity index (χ4n) is 1.32. The third-order valence-corrected chi connectivity index (χ3v) is 2.23. The van der Waals surface area contributed by atoms with Crippen molar-refractivity contribution < 1.29 is 9.47 Å². The molecule has 0 aliphatic carbocycles. The van der Waals surface area contributed by atoms with Crippen LogP contribution in [-0.2, 0) is 0 Å². The summed E-state index contributed by atoms with van der Waals surface area (Å²) in [6.45, 7) is 0. The molecule has 0 aromatic carbocycles. The maximum Gasteiger partial charge on any atom is 0.222 e. The Labute approximate surface area is 109 Å². The molecule has 0 atom stereocenters. The molecule has 0 spiro atoms. The fourth-order valence-corrected chi connectivity index (χ4v) is 1.32. The van der Waals surface area contributed by atoms with Crippen LogP contribution in [0.1, 0.15) is 5.56 Å². The molecule has 19 heavy (non-hydrogen) atoms. The van der Waals surface area contributed by atoms with Crippen LogP contribution in [0.5, 0.6) is 17.4 Å². The molecule has 0 saturated carbocycles. The van der Waals surface area contributed by atoms with E-state index in [4.69, 9.17) is 27.4 Å². The van der Waals surface area contributed by atoms with Gasteiger partial charge in [0.05, 0.1) is 25.1 Å². The molecule has 0 bridgehead atoms. The molecule has 0 unspecified atom stereocenters. The molecule has 0 aliphatic heterocycles. The van der Waals surface area contributed by atoms with Crippen LogP contribution in [0.15, 0.2) is 18.5 Å². The first kappa shape index (κ1) is 12.4. The maximum absolute atomic E-state index is 5.68. The average molecular weight is 257 g/mol. The van der Waals surface area contributed by atoms with E-state index >= 15 is 0 Å². The Bertz CT molecular complexity index is 651. The van der Waals surface area contributed by atoms with Crippen molar-refractivity contribution in [2.45, 2.75) is 0 Å². The lowest BCUT2D eigenvalue weighted by molar-refractivity contribution is 0.392. The lowest BCUT2D eigenvalue weighted by Gasteiger charge is -2.10. The highest BCUT2D eigenvalue weighted by Crippen LogP contribution is 2.29. The number of pyridine rings is 1. The average Bonchev–Trinajstić information content (AvgIpc) is 2.41. The topological polar surface area (TPSA) is 109 Å². The predicted molar refractivity (Wildman–Crippen MR) is 69.7 cm³/mol. The van der Waals surface area contributed by atoms with Crippen molar-refractivity contribution in [3.8, 4) is 29.7 Å². The highest BCUT2D eigenvalue weighted by atomic mass is 16.5. The first-order valence-electron chi connectivity index (χ1n) is 5.20. The summed E-state index contributed by atoms with van der Waals surface area (Å²) in [7, 11) is 1.49. The monoisotopic (exact) mass is 257 g/mol. The molecule has 0 radical (unpaired) electrons. The van der Waals surface area contributed by atoms with Gasteiger partial charge in [-0.05, 0) is 0 Å². The number of anilines is 2. The summed E-state index contributed by atoms with van der Waals surface area (Å²) >= 11 is 0. The second-order valence-corrected chi connectivity index (χ2v) is 3.45. The third kappa shape index (κ3) is 2.63. The number of nitrogens with zero attached hydrogens (tertiary/aromatic N) is 3. The SMILES string of the molecule is C#Cc1cnc(OC)cc1Oc1cnc(N)nc1N. The van der Waals surface area contributed by atoms with E-state index in [9.17, 15) is 0 Å². The van der Waals surface area contributed by atoms with Crippen LogP contribution in [0.4, 0.5) is 11.8 Å². The van der Waals surface area contributed by atoms with Gasteiger partial charge in [0.25, 0.3) is 0 Å². The molecule has 2 aromatic heterocycles. The number of rotatable bonds is 3. The Morgan fingerprint density at radius 1 is 1.21 bits per heavy atom. The largest absolute Gasteiger partial charge is 0.481 e. The summed E-state index contributed by atoms with van der Waals surface area (Å²) in [6.07, 6.45) is 8.19. The highest BCUT2D eigenvalue weighted by molar-refractivity contribution is 5.52. The first-order valence-corrected chi connectivity index (χ1v) is 5.20. The molecular formula is C12H11N5O2. The Hall–Kier alpha value is -3.01. The molecule has 4 N–H and O–H groups in total. The second-order valence-electron chi connectivity index (χ2n) is 3.45. The van der Waals surface area contributed by atoms with Crippen LogP contribution in [0.2, 0.25) is 0 Å². The highest BCUT2D eigenvalue weighted by Gasteiger charge is 2.10. The molecule has 0 fully saturated rings. The van der Waals surface area contributed by atoms with Gasteiger partial charge in [0.2, 0.25) is 11.8 Å². The Morgan fingerprint density at radius 2 is 2.00 bits per heavy atom. The van der Waals surface area contributed by atoms with Gasteiger partial charge in [-0.15, -0.1) is 6.42 Å². The number of hydrogen-bond donors (Lipinski definition) is 2. The minimum absolute atomic E-state index is 0.0642. The van der Waals surface area contributed by atoms with Gasteiger partial charge in [0.1, 0.15) is 5.75 Å². The van der Waals surface area contributed by atoms with E-state index in [0.717, 1.165) is 0 Å². The van der Waals surface area contributed by atoms with E-state index < -0.39 is 0 Å². The van der Waals surface area contributed by atoms with Crippen LogP contribution in [-0.4, -0.2) is 22.1 Å². The standard InChI is InChI=1S/C12H11N5O2/c1-3-7-5-15-10(18-2)4-8(7)19-9-6-16-12(14)17-11(9)13/h1,4-6H,2H3,(H4,13,14,16,17). The van der Waals surface area contributed by atoms with Crippen molar-refractivity contribution in [1.29, 1.82) is 0 Å². The van der Waals surface area contributed by atoms with Crippen molar-refractivity contribution in [3.63, 3.8) is 0 Å². The zero-order valence-electron chi connectivity index (χ0n) is 10.1. The zero-order chi connectivity index (χ0) is 13.8. The van der Waals surface area contributed by atoms with E-state index in [-0.39, 0.29) is 17.5 Å². The number of hydrogen-bond acceptors (Lipinski definition) is 7. The van der Waals surface area contributed by atoms with Crippen molar-refractivity contribution in [3.05, 3.63) is 24.0 Å². The molecule has 7 nitrogen and oxygen atoms in total. The van der Waals surface area contributed by atoms with Gasteiger partial charge in [-0.2, -0.15) is 4.98 Å². The van der Waals surface area contributed by atoms with E-state index in [0.29, 0.717) is 17.2 Å². The lowest BCUT2D eigenvalue weighted by atomic mass is 10.2. The van der Waals surface area contributed by atoms with Gasteiger partial charge >= 0.3 is 0 Å². The number of aromatic nitrogens is 3. The molecule has 96 valence electrons. The van der Waals surface area contributed by atoms with E-state index in [1.54, 1.807) is 6.07 Å². The Morgan fingerprint density at radius 3 is 2.63 bits per heavy atom. The smallest absolute Gasteiger partial charge is 0.222 e. The summed E-state index contributed by atoms with van der Waals surface area (Å²) in [5.41, 5.74) is 11.5. The van der Waals surface area contributed by atoms with Crippen LogP contribution < -0.4 is 20.9 Å². The lowest BCUT2D eigenvalue weighted by Crippen LogP contribution is -2.02. The third-order valence-electron chi connectivity index (χ3n) is 2.23. The van der Waals surface area contributed by atoms with Gasteiger partial charge in [-0.25, -0.2) is 9.97 Å². The number of terminal acetylenes is 1. The van der Waals surface area contributed by atoms with E-state index in [1.165, 1.54) is 19.5 Å². The van der Waals surface area contributed by atoms with Crippen molar-refractivity contribution in [2.75, 3.05) is 18.6 Å².